The molecule has 4 heterocycles. The highest BCUT2D eigenvalue weighted by Gasteiger charge is 2.24. The molecular weight excluding hydrogens is 360 g/mol. The summed E-state index contributed by atoms with van der Waals surface area (Å²) < 4.78 is 14.6. The van der Waals surface area contributed by atoms with Gasteiger partial charge in [-0.1, -0.05) is 0 Å². The van der Waals surface area contributed by atoms with Crippen molar-refractivity contribution in [1.29, 1.82) is 0 Å². The maximum absolute atomic E-state index is 13.6. The van der Waals surface area contributed by atoms with Crippen molar-refractivity contribution in [1.82, 2.24) is 24.1 Å². The molecule has 0 atom stereocenters. The molecular formula is C19H24N6O3. The predicted octanol–water partition coefficient (Wildman–Crippen LogP) is 1.89. The zero-order valence-corrected chi connectivity index (χ0v) is 16.1. The Kier molecular flexibility index (Phi) is 5.10. The molecule has 1 saturated heterocycles. The molecule has 1 fully saturated rings. The summed E-state index contributed by atoms with van der Waals surface area (Å²) in [4.78, 5) is 26.7. The lowest BCUT2D eigenvalue weighted by molar-refractivity contribution is 0.0697. The van der Waals surface area contributed by atoms with Crippen LogP contribution >= 0.6 is 0 Å². The van der Waals surface area contributed by atoms with Crippen LogP contribution in [0, 0.1) is 6.92 Å². The number of ether oxygens (including phenoxy) is 2. The summed E-state index contributed by atoms with van der Waals surface area (Å²) >= 11 is 0. The SMILES string of the molecule is CCOCn1ccnc1-c1cc2c(C)nc(N)nc2n(C2CCOCC2)c1=O. The van der Waals surface area contributed by atoms with Gasteiger partial charge in [0.15, 0.2) is 0 Å². The van der Waals surface area contributed by atoms with Gasteiger partial charge in [-0.3, -0.25) is 9.36 Å². The van der Waals surface area contributed by atoms with Gasteiger partial charge in [-0.15, -0.1) is 0 Å². The maximum atomic E-state index is 13.6. The fraction of sp³-hybridized carbons (Fsp3) is 0.474. The lowest BCUT2D eigenvalue weighted by atomic mass is 10.1. The van der Waals surface area contributed by atoms with Gasteiger partial charge in [-0.2, -0.15) is 4.98 Å². The zero-order chi connectivity index (χ0) is 19.7. The molecule has 3 aromatic heterocycles. The van der Waals surface area contributed by atoms with Crippen LogP contribution in [-0.2, 0) is 16.2 Å². The number of hydrogen-bond donors (Lipinski definition) is 1. The van der Waals surface area contributed by atoms with E-state index in [1.54, 1.807) is 17.0 Å². The molecule has 0 aromatic carbocycles. The number of aromatic nitrogens is 5. The van der Waals surface area contributed by atoms with Gasteiger partial charge in [0.05, 0.1) is 11.3 Å². The molecule has 3 aromatic rings. The van der Waals surface area contributed by atoms with Crippen molar-refractivity contribution in [3.05, 3.63) is 34.5 Å². The third kappa shape index (κ3) is 3.27. The van der Waals surface area contributed by atoms with Gasteiger partial charge >= 0.3 is 0 Å². The Morgan fingerprint density at radius 1 is 1.32 bits per heavy atom. The van der Waals surface area contributed by atoms with Crippen LogP contribution in [0.2, 0.25) is 0 Å². The molecule has 0 aliphatic carbocycles. The minimum atomic E-state index is -0.138. The van der Waals surface area contributed by atoms with Crippen molar-refractivity contribution in [2.75, 3.05) is 25.6 Å². The van der Waals surface area contributed by atoms with Crippen LogP contribution in [0.15, 0.2) is 23.3 Å². The second kappa shape index (κ2) is 7.69. The largest absolute Gasteiger partial charge is 0.381 e. The molecule has 0 saturated carbocycles. The van der Waals surface area contributed by atoms with E-state index < -0.39 is 0 Å². The summed E-state index contributed by atoms with van der Waals surface area (Å²) in [6.45, 7) is 5.93. The first-order valence-corrected chi connectivity index (χ1v) is 9.46. The summed E-state index contributed by atoms with van der Waals surface area (Å²) in [6, 6.07) is 1.81. The average Bonchev–Trinajstić information content (AvgIpc) is 3.15. The van der Waals surface area contributed by atoms with Gasteiger partial charge < -0.3 is 19.8 Å². The number of nitrogen functional groups attached to an aromatic ring is 1. The first-order chi connectivity index (χ1) is 13.6. The van der Waals surface area contributed by atoms with Crippen LogP contribution in [0.5, 0.6) is 0 Å². The Morgan fingerprint density at radius 3 is 2.86 bits per heavy atom. The van der Waals surface area contributed by atoms with E-state index in [0.29, 0.717) is 43.6 Å². The number of hydrogen-bond acceptors (Lipinski definition) is 7. The monoisotopic (exact) mass is 384 g/mol. The highest BCUT2D eigenvalue weighted by molar-refractivity contribution is 5.83. The summed E-state index contributed by atoms with van der Waals surface area (Å²) in [6.07, 6.45) is 4.96. The Labute approximate surface area is 162 Å². The van der Waals surface area contributed by atoms with Crippen molar-refractivity contribution in [3.8, 4) is 11.4 Å². The molecule has 2 N–H and O–H groups in total. The highest BCUT2D eigenvalue weighted by Crippen LogP contribution is 2.27. The van der Waals surface area contributed by atoms with Gasteiger partial charge in [0.1, 0.15) is 18.2 Å². The van der Waals surface area contributed by atoms with Gasteiger partial charge in [0, 0.05) is 43.6 Å². The van der Waals surface area contributed by atoms with Crippen molar-refractivity contribution < 1.29 is 9.47 Å². The number of anilines is 1. The Morgan fingerprint density at radius 2 is 2.11 bits per heavy atom. The second-order valence-corrected chi connectivity index (χ2v) is 6.82. The third-order valence-corrected chi connectivity index (χ3v) is 5.05. The maximum Gasteiger partial charge on any atom is 0.263 e. The van der Waals surface area contributed by atoms with E-state index in [4.69, 9.17) is 15.2 Å². The number of rotatable bonds is 5. The Balaban J connectivity index is 1.97. The second-order valence-electron chi connectivity index (χ2n) is 6.82. The topological polar surface area (TPSA) is 110 Å². The van der Waals surface area contributed by atoms with Crippen molar-refractivity contribution in [2.24, 2.45) is 0 Å². The number of imidazole rings is 1. The normalized spacial score (nSPS) is 15.4. The number of nitrogens with two attached hydrogens (primary N) is 1. The van der Waals surface area contributed by atoms with E-state index in [0.717, 1.165) is 23.9 Å². The van der Waals surface area contributed by atoms with Crippen molar-refractivity contribution in [2.45, 2.75) is 39.5 Å². The molecule has 0 unspecified atom stereocenters. The molecule has 1 aliphatic heterocycles. The highest BCUT2D eigenvalue weighted by atomic mass is 16.5. The van der Waals surface area contributed by atoms with E-state index in [1.807, 2.05) is 24.5 Å². The molecule has 0 spiro atoms. The molecule has 148 valence electrons. The molecule has 4 rings (SSSR count). The van der Waals surface area contributed by atoms with Gasteiger partial charge in [-0.05, 0) is 32.8 Å². The molecule has 0 bridgehead atoms. The molecule has 28 heavy (non-hydrogen) atoms. The Bertz CT molecular complexity index is 1050. The number of fused-ring (bicyclic) bond motifs is 1. The number of pyridine rings is 1. The van der Waals surface area contributed by atoms with Crippen LogP contribution in [0.25, 0.3) is 22.4 Å². The number of nitrogens with zero attached hydrogens (tertiary/aromatic N) is 5. The molecule has 1 aliphatic rings. The van der Waals surface area contributed by atoms with Crippen LogP contribution in [0.1, 0.15) is 31.5 Å². The predicted molar refractivity (Wildman–Crippen MR) is 105 cm³/mol. The molecule has 9 nitrogen and oxygen atoms in total. The van der Waals surface area contributed by atoms with E-state index in [9.17, 15) is 4.79 Å². The fourth-order valence-electron chi connectivity index (χ4n) is 3.66. The van der Waals surface area contributed by atoms with Gasteiger partial charge in [0.25, 0.3) is 5.56 Å². The molecule has 9 heteroatoms. The van der Waals surface area contributed by atoms with Crippen LogP contribution in [0.4, 0.5) is 5.95 Å². The van der Waals surface area contributed by atoms with Crippen LogP contribution < -0.4 is 11.3 Å². The first-order valence-electron chi connectivity index (χ1n) is 9.46. The smallest absolute Gasteiger partial charge is 0.263 e. The lowest BCUT2D eigenvalue weighted by Crippen LogP contribution is -2.31. The summed E-state index contributed by atoms with van der Waals surface area (Å²) in [5.41, 5.74) is 7.54. The summed E-state index contributed by atoms with van der Waals surface area (Å²) in [7, 11) is 0. The lowest BCUT2D eigenvalue weighted by Gasteiger charge is -2.26. The average molecular weight is 384 g/mol. The zero-order valence-electron chi connectivity index (χ0n) is 16.1. The van der Waals surface area contributed by atoms with Gasteiger partial charge in [-0.25, -0.2) is 9.97 Å². The van der Waals surface area contributed by atoms with E-state index in [2.05, 4.69) is 15.0 Å². The summed E-state index contributed by atoms with van der Waals surface area (Å²) in [5, 5.41) is 0.793. The Hall–Kier alpha value is -2.78. The van der Waals surface area contributed by atoms with Crippen LogP contribution in [0.3, 0.4) is 0 Å². The minimum absolute atomic E-state index is 0.00676. The quantitative estimate of drug-likeness (QED) is 0.715. The number of aryl methyl sites for hydroxylation is 1. The molecule has 0 amide bonds. The first kappa shape index (κ1) is 18.6. The van der Waals surface area contributed by atoms with Crippen molar-refractivity contribution in [3.63, 3.8) is 0 Å². The van der Waals surface area contributed by atoms with Gasteiger partial charge in [0.2, 0.25) is 5.95 Å². The standard InChI is InChI=1S/C19H24N6O3/c1-3-27-11-24-7-6-21-16(24)15-10-14-12(2)22-19(20)23-17(14)25(18(15)26)13-4-8-28-9-5-13/h6-7,10,13H,3-5,8-9,11H2,1-2H3,(H2,20,22,23). The van der Waals surface area contributed by atoms with E-state index in [1.165, 1.54) is 0 Å². The van der Waals surface area contributed by atoms with E-state index in [-0.39, 0.29) is 17.5 Å². The van der Waals surface area contributed by atoms with Crippen LogP contribution in [-0.4, -0.2) is 43.9 Å². The minimum Gasteiger partial charge on any atom is -0.381 e. The third-order valence-electron chi connectivity index (χ3n) is 5.05. The fourth-order valence-corrected chi connectivity index (χ4v) is 3.66. The van der Waals surface area contributed by atoms with E-state index >= 15 is 0 Å². The summed E-state index contributed by atoms with van der Waals surface area (Å²) in [5.74, 6) is 0.730. The van der Waals surface area contributed by atoms with Crippen molar-refractivity contribution >= 4 is 17.0 Å². The molecule has 0 radical (unpaired) electrons.